The van der Waals surface area contributed by atoms with Crippen LogP contribution in [0.15, 0.2) is 194 Å². The van der Waals surface area contributed by atoms with Crippen molar-refractivity contribution in [3.63, 3.8) is 0 Å². The van der Waals surface area contributed by atoms with Crippen molar-refractivity contribution in [2.45, 2.75) is 188 Å². The molecule has 0 radical (unpaired) electrons. The molecule has 11 rings (SSSR count). The smallest absolute Gasteiger partial charge is 0.0541 e. The molecule has 0 fully saturated rings. The van der Waals surface area contributed by atoms with Crippen LogP contribution in [0.2, 0.25) is 0 Å². The standard InChI is InChI=1S/C83H94N2/c1-7-9-11-13-15-17-19-21-23-25-31-63-37-39-65(40-38-63)66-41-46-71(47-42-66)84(73-50-51-76-75-33-27-29-35-79(75)83(5,6)80(76)60-73)72-48-43-67(44-49-72)68-45-52-82-78(59-68)77-34-28-30-36-81(77)85(82)74-56-62(4)55-70(58-74)69-54-61(3)53-64(57-69)32-26-24-22-20-18-16-14-12-10-8-2/h27-30,33-60H,7-26,31-32H2,1-6H3. The number of aromatic nitrogens is 1. The van der Waals surface area contributed by atoms with Crippen molar-refractivity contribution in [1.29, 1.82) is 0 Å². The third-order valence-corrected chi connectivity index (χ3v) is 18.8. The fourth-order valence-electron chi connectivity index (χ4n) is 14.0. The highest BCUT2D eigenvalue weighted by Crippen LogP contribution is 2.51. The van der Waals surface area contributed by atoms with E-state index in [9.17, 15) is 0 Å². The first-order chi connectivity index (χ1) is 41.7. The maximum Gasteiger partial charge on any atom is 0.0541 e. The lowest BCUT2D eigenvalue weighted by molar-refractivity contribution is 0.556. The van der Waals surface area contributed by atoms with Gasteiger partial charge in [0.1, 0.15) is 0 Å². The van der Waals surface area contributed by atoms with Gasteiger partial charge in [0, 0.05) is 38.9 Å². The van der Waals surface area contributed by atoms with E-state index in [1.165, 1.54) is 234 Å². The Hall–Kier alpha value is -7.42. The molecule has 1 heterocycles. The number of rotatable bonds is 29. The van der Waals surface area contributed by atoms with E-state index in [0.29, 0.717) is 0 Å². The second kappa shape index (κ2) is 28.2. The molecule has 10 aromatic rings. The molecule has 0 N–H and O–H groups in total. The molecule has 0 atom stereocenters. The molecular formula is C83H94N2. The first kappa shape index (κ1) is 59.3. The summed E-state index contributed by atoms with van der Waals surface area (Å²) in [7, 11) is 0. The molecule has 0 amide bonds. The minimum absolute atomic E-state index is 0.110. The highest BCUT2D eigenvalue weighted by Gasteiger charge is 2.36. The minimum atomic E-state index is -0.110. The lowest BCUT2D eigenvalue weighted by atomic mass is 9.82. The molecule has 2 heteroatoms. The van der Waals surface area contributed by atoms with E-state index >= 15 is 0 Å². The molecule has 1 aliphatic carbocycles. The van der Waals surface area contributed by atoms with E-state index < -0.39 is 0 Å². The number of unbranched alkanes of at least 4 members (excludes halogenated alkanes) is 18. The number of hydrogen-bond donors (Lipinski definition) is 0. The summed E-state index contributed by atoms with van der Waals surface area (Å²) in [5.41, 5.74) is 25.5. The maximum atomic E-state index is 2.49. The lowest BCUT2D eigenvalue weighted by Crippen LogP contribution is -2.16. The van der Waals surface area contributed by atoms with Gasteiger partial charge in [-0.25, -0.2) is 0 Å². The molecule has 0 bridgehead atoms. The van der Waals surface area contributed by atoms with Crippen LogP contribution in [-0.2, 0) is 18.3 Å². The van der Waals surface area contributed by atoms with Crippen LogP contribution in [0.5, 0.6) is 0 Å². The fourth-order valence-corrected chi connectivity index (χ4v) is 14.0. The molecule has 436 valence electrons. The molecular weight excluding hydrogens is 1020 g/mol. The summed E-state index contributed by atoms with van der Waals surface area (Å²) in [6.07, 6.45) is 29.7. The van der Waals surface area contributed by atoms with Crippen LogP contribution in [-0.4, -0.2) is 4.57 Å². The Morgan fingerprint density at radius 1 is 0.329 bits per heavy atom. The van der Waals surface area contributed by atoms with Gasteiger partial charge in [-0.3, -0.25) is 0 Å². The maximum absolute atomic E-state index is 2.49. The summed E-state index contributed by atoms with van der Waals surface area (Å²) in [6, 6.07) is 74.4. The molecule has 0 unspecified atom stereocenters. The quantitative estimate of drug-likeness (QED) is 0.0424. The minimum Gasteiger partial charge on any atom is -0.310 e. The first-order valence-corrected chi connectivity index (χ1v) is 33.3. The largest absolute Gasteiger partial charge is 0.310 e. The molecule has 85 heavy (non-hydrogen) atoms. The second-order valence-corrected chi connectivity index (χ2v) is 25.7. The number of aryl methyl sites for hydroxylation is 4. The molecule has 0 saturated heterocycles. The van der Waals surface area contributed by atoms with Crippen molar-refractivity contribution in [3.05, 3.63) is 228 Å². The number of anilines is 3. The summed E-state index contributed by atoms with van der Waals surface area (Å²) in [5.74, 6) is 0. The third-order valence-electron chi connectivity index (χ3n) is 18.8. The van der Waals surface area contributed by atoms with Gasteiger partial charge in [-0.05, 0) is 179 Å². The average molecular weight is 1120 g/mol. The van der Waals surface area contributed by atoms with Crippen LogP contribution in [0.4, 0.5) is 17.1 Å². The zero-order chi connectivity index (χ0) is 58.5. The third kappa shape index (κ3) is 14.0. The molecule has 0 saturated carbocycles. The summed E-state index contributed by atoms with van der Waals surface area (Å²) >= 11 is 0. The Labute approximate surface area is 511 Å². The van der Waals surface area contributed by atoms with Crippen molar-refractivity contribution in [1.82, 2.24) is 4.57 Å². The Balaban J connectivity index is 0.834. The molecule has 0 spiro atoms. The van der Waals surface area contributed by atoms with Crippen molar-refractivity contribution < 1.29 is 0 Å². The molecule has 2 nitrogen and oxygen atoms in total. The topological polar surface area (TPSA) is 8.17 Å². The fraction of sp³-hybridized carbons (Fsp3) is 0.349. The monoisotopic (exact) mass is 1120 g/mol. The highest BCUT2D eigenvalue weighted by molar-refractivity contribution is 6.10. The predicted octanol–water partition coefficient (Wildman–Crippen LogP) is 25.1. The van der Waals surface area contributed by atoms with E-state index in [1.54, 1.807) is 0 Å². The van der Waals surface area contributed by atoms with Gasteiger partial charge in [0.25, 0.3) is 0 Å². The number of para-hydroxylation sites is 1. The van der Waals surface area contributed by atoms with E-state index in [-0.39, 0.29) is 5.41 Å². The van der Waals surface area contributed by atoms with Crippen LogP contribution in [0, 0.1) is 13.8 Å². The van der Waals surface area contributed by atoms with Gasteiger partial charge in [-0.1, -0.05) is 276 Å². The van der Waals surface area contributed by atoms with Gasteiger partial charge in [0.2, 0.25) is 0 Å². The van der Waals surface area contributed by atoms with Gasteiger partial charge >= 0.3 is 0 Å². The van der Waals surface area contributed by atoms with Gasteiger partial charge in [-0.2, -0.15) is 0 Å². The molecule has 1 aliphatic rings. The molecule has 0 aliphatic heterocycles. The van der Waals surface area contributed by atoms with Gasteiger partial charge in [0.15, 0.2) is 0 Å². The van der Waals surface area contributed by atoms with Gasteiger partial charge in [-0.15, -0.1) is 0 Å². The lowest BCUT2D eigenvalue weighted by Gasteiger charge is -2.28. The summed E-state index contributed by atoms with van der Waals surface area (Å²) in [6.45, 7) is 13.9. The van der Waals surface area contributed by atoms with Gasteiger partial charge < -0.3 is 9.47 Å². The van der Waals surface area contributed by atoms with E-state index in [2.05, 4.69) is 245 Å². The average Bonchev–Trinajstić information content (AvgIpc) is 1.88. The highest BCUT2D eigenvalue weighted by atomic mass is 15.1. The Morgan fingerprint density at radius 3 is 1.42 bits per heavy atom. The SMILES string of the molecule is CCCCCCCCCCCCc1ccc(-c2ccc(N(c3ccc(-c4ccc5c(c4)c4ccccc4n5-c4cc(C)cc(-c5cc(C)cc(CCCCCCCCCCCC)c5)c4)cc3)c3ccc4c(c3)C(C)(C)c3ccccc3-4)cc2)cc1. The van der Waals surface area contributed by atoms with Crippen molar-refractivity contribution in [2.24, 2.45) is 0 Å². The number of nitrogens with zero attached hydrogens (tertiary/aromatic N) is 2. The number of fused-ring (bicyclic) bond motifs is 6. The summed E-state index contributed by atoms with van der Waals surface area (Å²) < 4.78 is 2.49. The Bertz CT molecular complexity index is 3790. The molecule has 1 aromatic heterocycles. The second-order valence-electron chi connectivity index (χ2n) is 25.7. The van der Waals surface area contributed by atoms with Crippen molar-refractivity contribution in [3.8, 4) is 50.2 Å². The summed E-state index contributed by atoms with van der Waals surface area (Å²) in [5, 5.41) is 2.53. The number of benzene rings is 9. The van der Waals surface area contributed by atoms with Crippen LogP contribution >= 0.6 is 0 Å². The zero-order valence-electron chi connectivity index (χ0n) is 52.4. The van der Waals surface area contributed by atoms with Crippen LogP contribution in [0.25, 0.3) is 72.0 Å². The normalized spacial score (nSPS) is 12.5. The van der Waals surface area contributed by atoms with E-state index in [1.807, 2.05) is 0 Å². The summed E-state index contributed by atoms with van der Waals surface area (Å²) in [4.78, 5) is 2.45. The van der Waals surface area contributed by atoms with Gasteiger partial charge in [0.05, 0.1) is 11.0 Å². The zero-order valence-corrected chi connectivity index (χ0v) is 52.4. The Morgan fingerprint density at radius 2 is 0.800 bits per heavy atom. The molecule has 9 aromatic carbocycles. The van der Waals surface area contributed by atoms with Crippen LogP contribution in [0.1, 0.15) is 189 Å². The van der Waals surface area contributed by atoms with Crippen LogP contribution < -0.4 is 4.90 Å². The van der Waals surface area contributed by atoms with Crippen molar-refractivity contribution >= 4 is 38.9 Å². The predicted molar refractivity (Wildman–Crippen MR) is 370 cm³/mol. The Kier molecular flexibility index (Phi) is 19.7. The van der Waals surface area contributed by atoms with E-state index in [0.717, 1.165) is 29.9 Å². The van der Waals surface area contributed by atoms with Crippen molar-refractivity contribution in [2.75, 3.05) is 4.90 Å². The van der Waals surface area contributed by atoms with Crippen LogP contribution in [0.3, 0.4) is 0 Å². The number of hydrogen-bond acceptors (Lipinski definition) is 1. The van der Waals surface area contributed by atoms with E-state index in [4.69, 9.17) is 0 Å². The first-order valence-electron chi connectivity index (χ1n) is 33.3.